The molecule has 0 aliphatic heterocycles. The second-order valence-electron chi connectivity index (χ2n) is 2.80. The van der Waals surface area contributed by atoms with Gasteiger partial charge in [-0.05, 0) is 13.0 Å². The molecular formula is C9H10N2O5. The minimum Gasteiger partial charge on any atom is -0.494 e. The van der Waals surface area contributed by atoms with E-state index in [9.17, 15) is 14.9 Å². The molecule has 0 bridgehead atoms. The second-order valence-corrected chi connectivity index (χ2v) is 2.80. The predicted molar refractivity (Wildman–Crippen MR) is 55.9 cm³/mol. The second kappa shape index (κ2) is 4.96. The highest BCUT2D eigenvalue weighted by Crippen LogP contribution is 2.28. The summed E-state index contributed by atoms with van der Waals surface area (Å²) < 4.78 is 5.11. The van der Waals surface area contributed by atoms with Crippen LogP contribution < -0.4 is 10.1 Å². The molecule has 1 aromatic carbocycles. The van der Waals surface area contributed by atoms with Crippen molar-refractivity contribution in [3.63, 3.8) is 0 Å². The third kappa shape index (κ3) is 2.84. The van der Waals surface area contributed by atoms with Crippen molar-refractivity contribution in [2.75, 3.05) is 11.9 Å². The fourth-order valence-corrected chi connectivity index (χ4v) is 1.15. The van der Waals surface area contributed by atoms with Gasteiger partial charge in [0.1, 0.15) is 11.4 Å². The molecule has 0 unspecified atom stereocenters. The maximum atomic E-state index is 10.6. The molecule has 0 spiro atoms. The van der Waals surface area contributed by atoms with E-state index in [0.29, 0.717) is 12.4 Å². The summed E-state index contributed by atoms with van der Waals surface area (Å²) in [5, 5.41) is 21.1. The fraction of sp³-hybridized carbons (Fsp3) is 0.222. The van der Waals surface area contributed by atoms with Crippen molar-refractivity contribution in [2.24, 2.45) is 0 Å². The van der Waals surface area contributed by atoms with Crippen LogP contribution in [0.4, 0.5) is 16.2 Å². The summed E-state index contributed by atoms with van der Waals surface area (Å²) in [6.07, 6.45) is -1.36. The average molecular weight is 226 g/mol. The van der Waals surface area contributed by atoms with E-state index in [-0.39, 0.29) is 11.4 Å². The number of anilines is 1. The number of benzene rings is 1. The summed E-state index contributed by atoms with van der Waals surface area (Å²) in [6.45, 7) is 2.15. The van der Waals surface area contributed by atoms with E-state index in [1.54, 1.807) is 6.92 Å². The number of hydrogen-bond acceptors (Lipinski definition) is 4. The molecule has 7 nitrogen and oxygen atoms in total. The first-order chi connectivity index (χ1) is 7.54. The Balaban J connectivity index is 3.10. The van der Waals surface area contributed by atoms with Crippen LogP contribution in [0.25, 0.3) is 0 Å². The van der Waals surface area contributed by atoms with Crippen LogP contribution in [0.5, 0.6) is 5.75 Å². The van der Waals surface area contributed by atoms with Gasteiger partial charge in [0.15, 0.2) is 0 Å². The van der Waals surface area contributed by atoms with Crippen LogP contribution in [0.1, 0.15) is 6.92 Å². The molecule has 0 saturated heterocycles. The van der Waals surface area contributed by atoms with Crippen LogP contribution in [0.3, 0.4) is 0 Å². The highest BCUT2D eigenvalue weighted by atomic mass is 16.6. The van der Waals surface area contributed by atoms with Crippen LogP contribution >= 0.6 is 0 Å². The number of rotatable bonds is 4. The van der Waals surface area contributed by atoms with Gasteiger partial charge in [-0.15, -0.1) is 0 Å². The van der Waals surface area contributed by atoms with Crippen molar-refractivity contribution >= 4 is 17.5 Å². The zero-order chi connectivity index (χ0) is 12.1. The van der Waals surface area contributed by atoms with Crippen LogP contribution in [-0.4, -0.2) is 22.7 Å². The van der Waals surface area contributed by atoms with Crippen LogP contribution in [0, 0.1) is 10.1 Å². The van der Waals surface area contributed by atoms with Crippen LogP contribution in [0.2, 0.25) is 0 Å². The van der Waals surface area contributed by atoms with Gasteiger partial charge in [-0.2, -0.15) is 0 Å². The molecule has 0 fully saturated rings. The largest absolute Gasteiger partial charge is 0.494 e. The van der Waals surface area contributed by atoms with E-state index in [1.165, 1.54) is 18.2 Å². The third-order valence-corrected chi connectivity index (χ3v) is 1.72. The Hall–Kier alpha value is -2.31. The number of hydrogen-bond donors (Lipinski definition) is 2. The van der Waals surface area contributed by atoms with Gasteiger partial charge in [0.05, 0.1) is 11.5 Å². The molecule has 7 heteroatoms. The van der Waals surface area contributed by atoms with Crippen molar-refractivity contribution in [2.45, 2.75) is 6.92 Å². The molecule has 86 valence electrons. The molecule has 0 aromatic heterocycles. The monoisotopic (exact) mass is 226 g/mol. The Morgan fingerprint density at radius 2 is 2.31 bits per heavy atom. The number of carboxylic acid groups (broad SMARTS) is 1. The molecule has 0 saturated carbocycles. The fourth-order valence-electron chi connectivity index (χ4n) is 1.15. The first-order valence-corrected chi connectivity index (χ1v) is 4.45. The lowest BCUT2D eigenvalue weighted by molar-refractivity contribution is -0.383. The topological polar surface area (TPSA) is 102 Å². The zero-order valence-electron chi connectivity index (χ0n) is 8.47. The van der Waals surface area contributed by atoms with E-state index in [0.717, 1.165) is 0 Å². The van der Waals surface area contributed by atoms with Gasteiger partial charge >= 0.3 is 6.09 Å². The molecule has 1 aromatic rings. The molecule has 0 heterocycles. The molecule has 0 radical (unpaired) electrons. The van der Waals surface area contributed by atoms with Crippen molar-refractivity contribution in [3.05, 3.63) is 28.3 Å². The number of ether oxygens (including phenoxy) is 1. The van der Waals surface area contributed by atoms with Crippen molar-refractivity contribution < 1.29 is 19.6 Å². The zero-order valence-corrected chi connectivity index (χ0v) is 8.47. The molecule has 0 aliphatic carbocycles. The predicted octanol–water partition coefficient (Wildman–Crippen LogP) is 2.08. The van der Waals surface area contributed by atoms with Crippen LogP contribution in [0.15, 0.2) is 18.2 Å². The Kier molecular flexibility index (Phi) is 3.65. The van der Waals surface area contributed by atoms with Gasteiger partial charge in [0.25, 0.3) is 5.69 Å². The molecule has 2 N–H and O–H groups in total. The quantitative estimate of drug-likeness (QED) is 0.604. The third-order valence-electron chi connectivity index (χ3n) is 1.72. The smallest absolute Gasteiger partial charge is 0.409 e. The van der Waals surface area contributed by atoms with E-state index in [2.05, 4.69) is 0 Å². The Morgan fingerprint density at radius 3 is 2.81 bits per heavy atom. The van der Waals surface area contributed by atoms with Gasteiger partial charge in [-0.3, -0.25) is 15.4 Å². The maximum Gasteiger partial charge on any atom is 0.409 e. The highest BCUT2D eigenvalue weighted by Gasteiger charge is 2.16. The van der Waals surface area contributed by atoms with E-state index in [4.69, 9.17) is 9.84 Å². The SMILES string of the molecule is CCOc1ccc([N+](=O)[O-])c(NC(=O)O)c1. The standard InChI is InChI=1S/C9H10N2O5/c1-2-16-6-3-4-8(11(14)15)7(5-6)10-9(12)13/h3-5,10H,2H2,1H3,(H,12,13). The first kappa shape index (κ1) is 11.8. The number of nitrogens with one attached hydrogen (secondary N) is 1. The summed E-state index contributed by atoms with van der Waals surface area (Å²) in [4.78, 5) is 20.4. The van der Waals surface area contributed by atoms with Crippen molar-refractivity contribution in [1.29, 1.82) is 0 Å². The molecule has 1 amide bonds. The van der Waals surface area contributed by atoms with Gasteiger partial charge in [-0.25, -0.2) is 4.79 Å². The first-order valence-electron chi connectivity index (χ1n) is 4.45. The number of nitro benzene ring substituents is 1. The lowest BCUT2D eigenvalue weighted by Crippen LogP contribution is -2.09. The highest BCUT2D eigenvalue weighted by molar-refractivity contribution is 5.86. The number of nitro groups is 1. The Morgan fingerprint density at radius 1 is 1.62 bits per heavy atom. The molecule has 0 atom stereocenters. The van der Waals surface area contributed by atoms with E-state index >= 15 is 0 Å². The number of carbonyl (C=O) groups is 1. The molecule has 0 aliphatic rings. The normalized spacial score (nSPS) is 9.56. The lowest BCUT2D eigenvalue weighted by Gasteiger charge is -2.06. The maximum absolute atomic E-state index is 10.6. The summed E-state index contributed by atoms with van der Waals surface area (Å²) >= 11 is 0. The summed E-state index contributed by atoms with van der Waals surface area (Å²) in [5.41, 5.74) is -0.422. The lowest BCUT2D eigenvalue weighted by atomic mass is 10.2. The van der Waals surface area contributed by atoms with Crippen molar-refractivity contribution in [1.82, 2.24) is 0 Å². The average Bonchev–Trinajstić information content (AvgIpc) is 2.16. The molecule has 1 rings (SSSR count). The van der Waals surface area contributed by atoms with Crippen LogP contribution in [-0.2, 0) is 0 Å². The van der Waals surface area contributed by atoms with Gasteiger partial charge in [0.2, 0.25) is 0 Å². The molecular weight excluding hydrogens is 216 g/mol. The van der Waals surface area contributed by atoms with Crippen molar-refractivity contribution in [3.8, 4) is 5.75 Å². The Labute approximate surface area is 90.8 Å². The van der Waals surface area contributed by atoms with E-state index in [1.807, 2.05) is 5.32 Å². The molecule has 16 heavy (non-hydrogen) atoms. The summed E-state index contributed by atoms with van der Waals surface area (Å²) in [6, 6.07) is 3.88. The summed E-state index contributed by atoms with van der Waals surface area (Å²) in [7, 11) is 0. The minimum atomic E-state index is -1.36. The number of amides is 1. The summed E-state index contributed by atoms with van der Waals surface area (Å²) in [5.74, 6) is 0.372. The van der Waals surface area contributed by atoms with Gasteiger partial charge in [0, 0.05) is 12.1 Å². The number of nitrogens with zero attached hydrogens (tertiary/aromatic N) is 1. The van der Waals surface area contributed by atoms with Gasteiger partial charge < -0.3 is 9.84 Å². The minimum absolute atomic E-state index is 0.108. The van der Waals surface area contributed by atoms with E-state index < -0.39 is 11.0 Å². The van der Waals surface area contributed by atoms with Gasteiger partial charge in [-0.1, -0.05) is 0 Å². The Bertz CT molecular complexity index is 418.